The molecule has 0 fully saturated rings. The average molecular weight is 312 g/mol. The van der Waals surface area contributed by atoms with Crippen LogP contribution in [0.5, 0.6) is 0 Å². The molecule has 1 atom stereocenters. The summed E-state index contributed by atoms with van der Waals surface area (Å²) >= 11 is 3.45. The number of nitrogens with one attached hydrogen (secondary N) is 1. The lowest BCUT2D eigenvalue weighted by molar-refractivity contribution is -0.116. The fraction of sp³-hybridized carbons (Fsp3) is 0.357. The van der Waals surface area contributed by atoms with Crippen LogP contribution in [-0.2, 0) is 4.79 Å². The number of hydrogen-bond acceptors (Lipinski definition) is 2. The molecule has 98 valence electrons. The summed E-state index contributed by atoms with van der Waals surface area (Å²) in [5.74, 6) is -0.199. The molecule has 0 aliphatic heterocycles. The Labute approximate surface area is 116 Å². The predicted molar refractivity (Wildman–Crippen MR) is 77.2 cm³/mol. The molecule has 1 rings (SSSR count). The number of amides is 1. The molecule has 0 aliphatic carbocycles. The fourth-order valence-electron chi connectivity index (χ4n) is 1.35. The summed E-state index contributed by atoms with van der Waals surface area (Å²) in [5, 5.41) is 12.0. The summed E-state index contributed by atoms with van der Waals surface area (Å²) in [4.78, 5) is 11.5. The van der Waals surface area contributed by atoms with Gasteiger partial charge in [0.05, 0.1) is 6.10 Å². The molecular formula is C14H18BrNO2. The first-order valence-electron chi connectivity index (χ1n) is 5.93. The van der Waals surface area contributed by atoms with Crippen LogP contribution < -0.4 is 5.32 Å². The van der Waals surface area contributed by atoms with Crippen LogP contribution >= 0.6 is 15.9 Å². The summed E-state index contributed by atoms with van der Waals surface area (Å²) < 4.78 is 0.958. The van der Waals surface area contributed by atoms with E-state index in [2.05, 4.69) is 21.2 Å². The number of aryl methyl sites for hydroxylation is 1. The van der Waals surface area contributed by atoms with Crippen LogP contribution in [0.1, 0.15) is 24.5 Å². The van der Waals surface area contributed by atoms with Crippen molar-refractivity contribution in [3.8, 4) is 0 Å². The lowest BCUT2D eigenvalue weighted by Crippen LogP contribution is -2.30. The molecule has 18 heavy (non-hydrogen) atoms. The largest absolute Gasteiger partial charge is 0.391 e. The fourth-order valence-corrected chi connectivity index (χ4v) is 1.98. The van der Waals surface area contributed by atoms with Crippen LogP contribution in [0.4, 0.5) is 0 Å². The van der Waals surface area contributed by atoms with Crippen molar-refractivity contribution in [1.29, 1.82) is 0 Å². The third-order valence-corrected chi connectivity index (χ3v) is 3.24. The molecule has 0 spiro atoms. The second kappa shape index (κ2) is 7.34. The molecule has 1 amide bonds. The van der Waals surface area contributed by atoms with Crippen molar-refractivity contribution in [3.63, 3.8) is 0 Å². The number of halogens is 1. The number of benzene rings is 1. The Bertz CT molecular complexity index is 443. The van der Waals surface area contributed by atoms with Gasteiger partial charge < -0.3 is 10.4 Å². The van der Waals surface area contributed by atoms with Gasteiger partial charge in [-0.25, -0.2) is 0 Å². The molecule has 1 aromatic carbocycles. The maximum atomic E-state index is 11.5. The van der Waals surface area contributed by atoms with Crippen molar-refractivity contribution in [3.05, 3.63) is 39.9 Å². The first-order chi connectivity index (χ1) is 8.52. The first-order valence-corrected chi connectivity index (χ1v) is 6.72. The summed E-state index contributed by atoms with van der Waals surface area (Å²) in [7, 11) is 0. The van der Waals surface area contributed by atoms with E-state index in [1.165, 1.54) is 6.08 Å². The Morgan fingerprint density at radius 1 is 1.56 bits per heavy atom. The van der Waals surface area contributed by atoms with Gasteiger partial charge in [0.25, 0.3) is 0 Å². The van der Waals surface area contributed by atoms with Crippen molar-refractivity contribution in [2.24, 2.45) is 0 Å². The standard InChI is InChI=1S/C14H18BrNO2/c1-3-12(17)9-16-14(18)7-6-11-5-4-10(2)8-13(11)15/h4-8,12,17H,3,9H2,1-2H3,(H,16,18)/b7-6+. The van der Waals surface area contributed by atoms with E-state index < -0.39 is 6.10 Å². The first kappa shape index (κ1) is 14.9. The van der Waals surface area contributed by atoms with Crippen molar-refractivity contribution in [1.82, 2.24) is 5.32 Å². The Kier molecular flexibility index (Phi) is 6.09. The van der Waals surface area contributed by atoms with Crippen LogP contribution in [0.3, 0.4) is 0 Å². The highest BCUT2D eigenvalue weighted by Gasteiger charge is 2.02. The normalized spacial score (nSPS) is 12.7. The quantitative estimate of drug-likeness (QED) is 0.821. The van der Waals surface area contributed by atoms with Gasteiger partial charge in [0.2, 0.25) is 5.91 Å². The van der Waals surface area contributed by atoms with Gasteiger partial charge in [-0.3, -0.25) is 4.79 Å². The SMILES string of the molecule is CCC(O)CNC(=O)/C=C/c1ccc(C)cc1Br. The maximum Gasteiger partial charge on any atom is 0.244 e. The van der Waals surface area contributed by atoms with Gasteiger partial charge >= 0.3 is 0 Å². The third kappa shape index (κ3) is 5.02. The average Bonchev–Trinajstić information content (AvgIpc) is 2.34. The summed E-state index contributed by atoms with van der Waals surface area (Å²) in [6.07, 6.45) is 3.37. The van der Waals surface area contributed by atoms with Gasteiger partial charge in [0.1, 0.15) is 0 Å². The number of rotatable bonds is 5. The molecule has 0 radical (unpaired) electrons. The van der Waals surface area contributed by atoms with Crippen LogP contribution in [0.2, 0.25) is 0 Å². The summed E-state index contributed by atoms with van der Waals surface area (Å²) in [5.41, 5.74) is 2.11. The highest BCUT2D eigenvalue weighted by Crippen LogP contribution is 2.19. The van der Waals surface area contributed by atoms with E-state index in [1.807, 2.05) is 32.0 Å². The molecular weight excluding hydrogens is 294 g/mol. The Balaban J connectivity index is 2.55. The topological polar surface area (TPSA) is 49.3 Å². The van der Waals surface area contributed by atoms with E-state index in [1.54, 1.807) is 6.08 Å². The predicted octanol–water partition coefficient (Wildman–Crippen LogP) is 2.66. The minimum atomic E-state index is -0.478. The van der Waals surface area contributed by atoms with E-state index in [0.717, 1.165) is 15.6 Å². The van der Waals surface area contributed by atoms with E-state index in [9.17, 15) is 9.90 Å². The molecule has 1 unspecified atom stereocenters. The lowest BCUT2D eigenvalue weighted by Gasteiger charge is -2.07. The molecule has 0 saturated carbocycles. The Hall–Kier alpha value is -1.13. The van der Waals surface area contributed by atoms with Gasteiger partial charge in [-0.1, -0.05) is 35.0 Å². The number of carbonyl (C=O) groups excluding carboxylic acids is 1. The zero-order valence-electron chi connectivity index (χ0n) is 10.6. The van der Waals surface area contributed by atoms with Crippen molar-refractivity contribution in [2.75, 3.05) is 6.54 Å². The highest BCUT2D eigenvalue weighted by atomic mass is 79.9. The smallest absolute Gasteiger partial charge is 0.244 e. The number of carbonyl (C=O) groups is 1. The molecule has 3 nitrogen and oxygen atoms in total. The number of aliphatic hydroxyl groups is 1. The van der Waals surface area contributed by atoms with Gasteiger partial charge in [-0.2, -0.15) is 0 Å². The molecule has 2 N–H and O–H groups in total. The zero-order chi connectivity index (χ0) is 13.5. The molecule has 4 heteroatoms. The highest BCUT2D eigenvalue weighted by molar-refractivity contribution is 9.10. The van der Waals surface area contributed by atoms with Crippen molar-refractivity contribution >= 4 is 27.9 Å². The van der Waals surface area contributed by atoms with Gasteiger partial charge in [-0.05, 0) is 36.6 Å². The minimum Gasteiger partial charge on any atom is -0.391 e. The second-order valence-corrected chi connectivity index (χ2v) is 5.02. The Morgan fingerprint density at radius 2 is 2.28 bits per heavy atom. The number of aliphatic hydroxyl groups excluding tert-OH is 1. The van der Waals surface area contributed by atoms with Crippen LogP contribution in [0.25, 0.3) is 6.08 Å². The molecule has 0 bridgehead atoms. The molecule has 0 saturated heterocycles. The molecule has 1 aromatic rings. The zero-order valence-corrected chi connectivity index (χ0v) is 12.2. The van der Waals surface area contributed by atoms with E-state index in [4.69, 9.17) is 0 Å². The van der Waals surface area contributed by atoms with Gasteiger partial charge in [0.15, 0.2) is 0 Å². The molecule has 0 heterocycles. The van der Waals surface area contributed by atoms with Crippen molar-refractivity contribution in [2.45, 2.75) is 26.4 Å². The molecule has 0 aromatic heterocycles. The van der Waals surface area contributed by atoms with Crippen LogP contribution in [-0.4, -0.2) is 23.7 Å². The van der Waals surface area contributed by atoms with Crippen LogP contribution in [0, 0.1) is 6.92 Å². The summed E-state index contributed by atoms with van der Waals surface area (Å²) in [6.45, 7) is 4.17. The summed E-state index contributed by atoms with van der Waals surface area (Å²) in [6, 6.07) is 5.94. The Morgan fingerprint density at radius 3 is 2.89 bits per heavy atom. The van der Waals surface area contributed by atoms with E-state index in [-0.39, 0.29) is 12.5 Å². The number of hydrogen-bond donors (Lipinski definition) is 2. The lowest BCUT2D eigenvalue weighted by atomic mass is 10.1. The minimum absolute atomic E-state index is 0.199. The van der Waals surface area contributed by atoms with Gasteiger partial charge in [-0.15, -0.1) is 0 Å². The van der Waals surface area contributed by atoms with E-state index >= 15 is 0 Å². The third-order valence-electron chi connectivity index (χ3n) is 2.55. The second-order valence-electron chi connectivity index (χ2n) is 4.17. The molecule has 0 aliphatic rings. The van der Waals surface area contributed by atoms with Crippen molar-refractivity contribution < 1.29 is 9.90 Å². The monoisotopic (exact) mass is 311 g/mol. The maximum absolute atomic E-state index is 11.5. The van der Waals surface area contributed by atoms with E-state index in [0.29, 0.717) is 6.42 Å². The van der Waals surface area contributed by atoms with Crippen LogP contribution in [0.15, 0.2) is 28.7 Å². The van der Waals surface area contributed by atoms with Gasteiger partial charge in [0, 0.05) is 17.1 Å².